The van der Waals surface area contributed by atoms with Gasteiger partial charge in [0.25, 0.3) is 0 Å². The fourth-order valence-corrected chi connectivity index (χ4v) is 2.05. The third-order valence-corrected chi connectivity index (χ3v) is 3.48. The lowest BCUT2D eigenvalue weighted by atomic mass is 10.2. The Morgan fingerprint density at radius 1 is 0.960 bits per heavy atom. The van der Waals surface area contributed by atoms with Gasteiger partial charge in [0.15, 0.2) is 0 Å². The van der Waals surface area contributed by atoms with Crippen molar-refractivity contribution >= 4 is 28.9 Å². The summed E-state index contributed by atoms with van der Waals surface area (Å²) in [5.41, 5.74) is 2.20. The summed E-state index contributed by atoms with van der Waals surface area (Å²) in [5, 5.41) is 8.66. The average Bonchev–Trinajstić information content (AvgIpc) is 2.61. The minimum Gasteiger partial charge on any atom is -0.497 e. The van der Waals surface area contributed by atoms with Crippen molar-refractivity contribution in [3.63, 3.8) is 0 Å². The Kier molecular flexibility index (Phi) is 6.39. The van der Waals surface area contributed by atoms with Gasteiger partial charge in [-0.05, 0) is 36.4 Å². The minimum atomic E-state index is -0.162. The van der Waals surface area contributed by atoms with Crippen LogP contribution in [-0.2, 0) is 9.59 Å². The normalized spacial score (nSPS) is 10.2. The second kappa shape index (κ2) is 8.73. The van der Waals surface area contributed by atoms with Crippen LogP contribution in [0, 0.1) is 5.92 Å². The van der Waals surface area contributed by atoms with Crippen molar-refractivity contribution in [2.24, 2.45) is 5.92 Å². The number of hydrogen-bond donors (Lipinski definition) is 3. The van der Waals surface area contributed by atoms with Gasteiger partial charge in [0.2, 0.25) is 11.8 Å². The molecule has 132 valence electrons. The lowest BCUT2D eigenvalue weighted by Gasteiger charge is -2.10. The SMILES string of the molecule is COc1cccc(NC(=O)CNc2ccc(NC(=O)C(C)C)cc2)c1. The largest absolute Gasteiger partial charge is 0.497 e. The van der Waals surface area contributed by atoms with Crippen LogP contribution in [0.1, 0.15) is 13.8 Å². The highest BCUT2D eigenvalue weighted by Crippen LogP contribution is 2.17. The van der Waals surface area contributed by atoms with Gasteiger partial charge in [-0.2, -0.15) is 0 Å². The van der Waals surface area contributed by atoms with Crippen LogP contribution in [0.2, 0.25) is 0 Å². The summed E-state index contributed by atoms with van der Waals surface area (Å²) in [6, 6.07) is 14.4. The Balaban J connectivity index is 1.84. The summed E-state index contributed by atoms with van der Waals surface area (Å²) in [7, 11) is 1.58. The molecule has 0 aliphatic heterocycles. The lowest BCUT2D eigenvalue weighted by Crippen LogP contribution is -2.21. The van der Waals surface area contributed by atoms with Crippen LogP contribution in [0.15, 0.2) is 48.5 Å². The maximum Gasteiger partial charge on any atom is 0.243 e. The molecule has 0 atom stereocenters. The Labute approximate surface area is 147 Å². The summed E-state index contributed by atoms with van der Waals surface area (Å²) in [6.45, 7) is 3.81. The number of carbonyl (C=O) groups is 2. The molecule has 0 unspecified atom stereocenters. The van der Waals surface area contributed by atoms with E-state index in [1.165, 1.54) is 0 Å². The van der Waals surface area contributed by atoms with Gasteiger partial charge >= 0.3 is 0 Å². The minimum absolute atomic E-state index is 0.0293. The van der Waals surface area contributed by atoms with Crippen LogP contribution in [0.3, 0.4) is 0 Å². The van der Waals surface area contributed by atoms with Gasteiger partial charge < -0.3 is 20.7 Å². The topological polar surface area (TPSA) is 79.5 Å². The molecule has 0 radical (unpaired) electrons. The first-order chi connectivity index (χ1) is 12.0. The standard InChI is InChI=1S/C19H23N3O3/c1-13(2)19(24)22-15-9-7-14(8-10-15)20-12-18(23)21-16-5-4-6-17(11-16)25-3/h4-11,13,20H,12H2,1-3H3,(H,21,23)(H,22,24). The summed E-state index contributed by atoms with van der Waals surface area (Å²) in [4.78, 5) is 23.6. The molecular weight excluding hydrogens is 318 g/mol. The van der Waals surface area contributed by atoms with Crippen molar-refractivity contribution < 1.29 is 14.3 Å². The molecule has 0 fully saturated rings. The third kappa shape index (κ3) is 5.84. The van der Waals surface area contributed by atoms with Gasteiger partial charge in [0, 0.05) is 29.0 Å². The molecule has 0 aliphatic rings. The predicted molar refractivity (Wildman–Crippen MR) is 100 cm³/mol. The molecule has 0 bridgehead atoms. The zero-order chi connectivity index (χ0) is 18.2. The molecule has 6 heteroatoms. The first-order valence-electron chi connectivity index (χ1n) is 8.06. The Morgan fingerprint density at radius 3 is 2.28 bits per heavy atom. The van der Waals surface area contributed by atoms with Crippen molar-refractivity contribution in [1.29, 1.82) is 0 Å². The highest BCUT2D eigenvalue weighted by molar-refractivity contribution is 5.94. The molecule has 0 aromatic heterocycles. The van der Waals surface area contributed by atoms with Crippen LogP contribution in [0.4, 0.5) is 17.1 Å². The quantitative estimate of drug-likeness (QED) is 0.722. The fourth-order valence-electron chi connectivity index (χ4n) is 2.05. The first-order valence-corrected chi connectivity index (χ1v) is 8.06. The number of nitrogens with one attached hydrogen (secondary N) is 3. The van der Waals surface area contributed by atoms with Gasteiger partial charge in [0.1, 0.15) is 5.75 Å². The van der Waals surface area contributed by atoms with Crippen molar-refractivity contribution in [2.75, 3.05) is 29.6 Å². The van der Waals surface area contributed by atoms with Crippen molar-refractivity contribution in [1.82, 2.24) is 0 Å². The molecule has 0 heterocycles. The molecule has 2 aromatic carbocycles. The van der Waals surface area contributed by atoms with Gasteiger partial charge in [-0.1, -0.05) is 19.9 Å². The number of carbonyl (C=O) groups excluding carboxylic acids is 2. The summed E-state index contributed by atoms with van der Waals surface area (Å²) in [5.74, 6) is 0.423. The molecule has 2 rings (SSSR count). The van der Waals surface area contributed by atoms with E-state index in [1.54, 1.807) is 31.4 Å². The van der Waals surface area contributed by atoms with E-state index in [-0.39, 0.29) is 24.3 Å². The molecule has 2 amide bonds. The second-order valence-electron chi connectivity index (χ2n) is 5.85. The first kappa shape index (κ1) is 18.3. The molecular formula is C19H23N3O3. The molecule has 0 aliphatic carbocycles. The summed E-state index contributed by atoms with van der Waals surface area (Å²) < 4.78 is 5.12. The van der Waals surface area contributed by atoms with Gasteiger partial charge in [-0.3, -0.25) is 9.59 Å². The highest BCUT2D eigenvalue weighted by atomic mass is 16.5. The molecule has 2 aromatic rings. The number of anilines is 3. The zero-order valence-corrected chi connectivity index (χ0v) is 14.6. The fraction of sp³-hybridized carbons (Fsp3) is 0.263. The number of ether oxygens (including phenoxy) is 1. The Bertz CT molecular complexity index is 727. The number of methoxy groups -OCH3 is 1. The highest BCUT2D eigenvalue weighted by Gasteiger charge is 2.07. The molecule has 25 heavy (non-hydrogen) atoms. The van der Waals surface area contributed by atoms with E-state index in [9.17, 15) is 9.59 Å². The van der Waals surface area contributed by atoms with E-state index in [0.717, 1.165) is 11.4 Å². The molecule has 3 N–H and O–H groups in total. The van der Waals surface area contributed by atoms with E-state index in [1.807, 2.05) is 38.1 Å². The van der Waals surface area contributed by atoms with Gasteiger partial charge in [-0.25, -0.2) is 0 Å². The van der Waals surface area contributed by atoms with E-state index in [2.05, 4.69) is 16.0 Å². The molecule has 6 nitrogen and oxygen atoms in total. The monoisotopic (exact) mass is 341 g/mol. The number of amides is 2. The molecule has 0 saturated carbocycles. The molecule has 0 saturated heterocycles. The zero-order valence-electron chi connectivity index (χ0n) is 14.6. The van der Waals surface area contributed by atoms with Crippen molar-refractivity contribution in [2.45, 2.75) is 13.8 Å². The van der Waals surface area contributed by atoms with Gasteiger partial charge in [-0.15, -0.1) is 0 Å². The second-order valence-corrected chi connectivity index (χ2v) is 5.85. The van der Waals surface area contributed by atoms with E-state index in [4.69, 9.17) is 4.74 Å². The average molecular weight is 341 g/mol. The smallest absolute Gasteiger partial charge is 0.243 e. The van der Waals surface area contributed by atoms with Crippen LogP contribution in [0.25, 0.3) is 0 Å². The van der Waals surface area contributed by atoms with Crippen molar-refractivity contribution in [3.8, 4) is 5.75 Å². The predicted octanol–water partition coefficient (Wildman–Crippen LogP) is 3.34. The van der Waals surface area contributed by atoms with Crippen LogP contribution >= 0.6 is 0 Å². The van der Waals surface area contributed by atoms with Crippen molar-refractivity contribution in [3.05, 3.63) is 48.5 Å². The number of hydrogen-bond acceptors (Lipinski definition) is 4. The van der Waals surface area contributed by atoms with E-state index in [0.29, 0.717) is 11.4 Å². The maximum absolute atomic E-state index is 12.0. The summed E-state index contributed by atoms with van der Waals surface area (Å²) >= 11 is 0. The van der Waals surface area contributed by atoms with Crippen LogP contribution in [0.5, 0.6) is 5.75 Å². The number of rotatable bonds is 7. The Hall–Kier alpha value is -3.02. The van der Waals surface area contributed by atoms with E-state index < -0.39 is 0 Å². The van der Waals surface area contributed by atoms with Gasteiger partial charge in [0.05, 0.1) is 13.7 Å². The maximum atomic E-state index is 12.0. The Morgan fingerprint density at radius 2 is 1.64 bits per heavy atom. The van der Waals surface area contributed by atoms with Crippen LogP contribution < -0.4 is 20.7 Å². The van der Waals surface area contributed by atoms with E-state index >= 15 is 0 Å². The summed E-state index contributed by atoms with van der Waals surface area (Å²) in [6.07, 6.45) is 0. The van der Waals surface area contributed by atoms with Crippen LogP contribution in [-0.4, -0.2) is 25.5 Å². The molecule has 0 spiro atoms. The number of benzene rings is 2. The lowest BCUT2D eigenvalue weighted by molar-refractivity contribution is -0.119. The third-order valence-electron chi connectivity index (χ3n) is 3.48.